The molecule has 1 aliphatic heterocycles. The molecule has 116 valence electrons. The van der Waals surface area contributed by atoms with E-state index in [0.29, 0.717) is 18.0 Å². The summed E-state index contributed by atoms with van der Waals surface area (Å²) in [5.74, 6) is 0.802. The molecule has 21 heavy (non-hydrogen) atoms. The number of anilines is 1. The number of rotatable bonds is 5. The minimum atomic E-state index is -3.61. The van der Waals surface area contributed by atoms with Crippen molar-refractivity contribution in [2.75, 3.05) is 11.9 Å². The van der Waals surface area contributed by atoms with Crippen molar-refractivity contribution in [1.29, 1.82) is 0 Å². The van der Waals surface area contributed by atoms with Gasteiger partial charge in [0.2, 0.25) is 5.96 Å². The van der Waals surface area contributed by atoms with Gasteiger partial charge in [0.25, 0.3) is 10.0 Å². The fourth-order valence-electron chi connectivity index (χ4n) is 1.90. The van der Waals surface area contributed by atoms with Gasteiger partial charge in [0.1, 0.15) is 10.6 Å². The van der Waals surface area contributed by atoms with Gasteiger partial charge < -0.3 is 10.1 Å². The fraction of sp³-hybridized carbons (Fsp3) is 0.500. The van der Waals surface area contributed by atoms with E-state index in [1.165, 1.54) is 6.07 Å². The summed E-state index contributed by atoms with van der Waals surface area (Å²) in [5.41, 5.74) is 0.510. The first-order chi connectivity index (χ1) is 9.92. The Morgan fingerprint density at radius 3 is 2.76 bits per heavy atom. The molecule has 0 aromatic heterocycles. The lowest BCUT2D eigenvalue weighted by atomic mass is 10.3. The third-order valence-electron chi connectivity index (χ3n) is 2.88. The van der Waals surface area contributed by atoms with Gasteiger partial charge in [0, 0.05) is 12.1 Å². The van der Waals surface area contributed by atoms with Crippen molar-refractivity contribution in [3.8, 4) is 5.75 Å². The SMILES string of the molecule is CCCCOc1ccc2c(c1)S(=O)(=O)NC(=NC(C)C)N2. The van der Waals surface area contributed by atoms with Crippen LogP contribution >= 0.6 is 0 Å². The van der Waals surface area contributed by atoms with Crippen LogP contribution in [0.3, 0.4) is 0 Å². The van der Waals surface area contributed by atoms with Crippen molar-refractivity contribution in [2.24, 2.45) is 4.99 Å². The highest BCUT2D eigenvalue weighted by Crippen LogP contribution is 2.29. The maximum atomic E-state index is 12.3. The van der Waals surface area contributed by atoms with E-state index in [1.807, 2.05) is 13.8 Å². The molecule has 2 rings (SSSR count). The van der Waals surface area contributed by atoms with Crippen molar-refractivity contribution in [3.63, 3.8) is 0 Å². The number of sulfonamides is 1. The van der Waals surface area contributed by atoms with Crippen LogP contribution in [0, 0.1) is 0 Å². The van der Waals surface area contributed by atoms with E-state index in [4.69, 9.17) is 4.74 Å². The zero-order valence-electron chi connectivity index (χ0n) is 12.5. The number of nitrogens with one attached hydrogen (secondary N) is 2. The Morgan fingerprint density at radius 2 is 2.10 bits per heavy atom. The molecular formula is C14H21N3O3S. The van der Waals surface area contributed by atoms with E-state index in [-0.39, 0.29) is 16.9 Å². The topological polar surface area (TPSA) is 79.8 Å². The molecule has 0 saturated heterocycles. The maximum Gasteiger partial charge on any atom is 0.266 e. The van der Waals surface area contributed by atoms with Crippen LogP contribution in [0.2, 0.25) is 0 Å². The first kappa shape index (κ1) is 15.6. The van der Waals surface area contributed by atoms with Crippen molar-refractivity contribution >= 4 is 21.7 Å². The second-order valence-corrected chi connectivity index (χ2v) is 6.81. The number of benzene rings is 1. The summed E-state index contributed by atoms with van der Waals surface area (Å²) in [6.45, 7) is 6.41. The first-order valence-corrected chi connectivity index (χ1v) is 8.55. The molecule has 0 unspecified atom stereocenters. The molecule has 0 spiro atoms. The minimum Gasteiger partial charge on any atom is -0.494 e. The third-order valence-corrected chi connectivity index (χ3v) is 4.26. The number of aliphatic imine (C=N–C) groups is 1. The molecule has 0 saturated carbocycles. The van der Waals surface area contributed by atoms with Crippen molar-refractivity contribution in [3.05, 3.63) is 18.2 Å². The monoisotopic (exact) mass is 311 g/mol. The molecule has 1 aromatic rings. The normalized spacial score (nSPS) is 18.0. The summed E-state index contributed by atoms with van der Waals surface area (Å²) in [6, 6.07) is 4.99. The van der Waals surface area contributed by atoms with Gasteiger partial charge in [0.15, 0.2) is 0 Å². The van der Waals surface area contributed by atoms with Crippen LogP contribution in [-0.4, -0.2) is 27.0 Å². The van der Waals surface area contributed by atoms with Crippen LogP contribution in [0.15, 0.2) is 28.1 Å². The third kappa shape index (κ3) is 3.87. The molecule has 0 fully saturated rings. The predicted octanol–water partition coefficient (Wildman–Crippen LogP) is 2.33. The summed E-state index contributed by atoms with van der Waals surface area (Å²) in [7, 11) is -3.61. The Balaban J connectivity index is 2.28. The average molecular weight is 311 g/mol. The quantitative estimate of drug-likeness (QED) is 0.818. The number of nitrogens with zero attached hydrogens (tertiary/aromatic N) is 1. The molecule has 1 heterocycles. The van der Waals surface area contributed by atoms with E-state index in [0.717, 1.165) is 12.8 Å². The zero-order valence-corrected chi connectivity index (χ0v) is 13.3. The molecule has 6 nitrogen and oxygen atoms in total. The molecule has 1 aliphatic rings. The van der Waals surface area contributed by atoms with Crippen LogP contribution in [0.4, 0.5) is 5.69 Å². The summed E-state index contributed by atoms with van der Waals surface area (Å²) in [6.07, 6.45) is 1.97. The van der Waals surface area contributed by atoms with E-state index in [9.17, 15) is 8.42 Å². The molecule has 0 aliphatic carbocycles. The van der Waals surface area contributed by atoms with Gasteiger partial charge in [-0.05, 0) is 32.4 Å². The van der Waals surface area contributed by atoms with E-state index in [2.05, 4.69) is 22.0 Å². The number of unbranched alkanes of at least 4 members (excludes halogenated alkanes) is 1. The molecule has 0 bridgehead atoms. The molecule has 0 atom stereocenters. The van der Waals surface area contributed by atoms with E-state index >= 15 is 0 Å². The lowest BCUT2D eigenvalue weighted by molar-refractivity contribution is 0.308. The molecule has 7 heteroatoms. The standard InChI is InChI=1S/C14H21N3O3S/c1-4-5-8-20-11-6-7-12-13(9-11)21(18,19)17-14(16-12)15-10(2)3/h6-7,9-10H,4-5,8H2,1-3H3,(H2,15,16,17). The van der Waals surface area contributed by atoms with Gasteiger partial charge in [-0.3, -0.25) is 0 Å². The van der Waals surface area contributed by atoms with Crippen molar-refractivity contribution < 1.29 is 13.2 Å². The summed E-state index contributed by atoms with van der Waals surface area (Å²) < 4.78 is 32.5. The summed E-state index contributed by atoms with van der Waals surface area (Å²) in [4.78, 5) is 4.38. The Bertz CT molecular complexity index is 639. The molecule has 0 radical (unpaired) electrons. The molecule has 0 amide bonds. The van der Waals surface area contributed by atoms with Crippen LogP contribution in [0.1, 0.15) is 33.6 Å². The minimum absolute atomic E-state index is 0.00611. The van der Waals surface area contributed by atoms with Gasteiger partial charge >= 0.3 is 0 Å². The zero-order chi connectivity index (χ0) is 15.5. The van der Waals surface area contributed by atoms with Gasteiger partial charge in [-0.2, -0.15) is 0 Å². The first-order valence-electron chi connectivity index (χ1n) is 7.07. The second kappa shape index (κ2) is 6.34. The predicted molar refractivity (Wildman–Crippen MR) is 83.4 cm³/mol. The number of fused-ring (bicyclic) bond motifs is 1. The molecule has 2 N–H and O–H groups in total. The van der Waals surface area contributed by atoms with Crippen molar-refractivity contribution in [2.45, 2.75) is 44.6 Å². The van der Waals surface area contributed by atoms with Gasteiger partial charge in [-0.15, -0.1) is 0 Å². The Labute approximate surface area is 125 Å². The number of hydrogen-bond donors (Lipinski definition) is 2. The highest BCUT2D eigenvalue weighted by atomic mass is 32.2. The van der Waals surface area contributed by atoms with Crippen LogP contribution in [0.25, 0.3) is 0 Å². The Morgan fingerprint density at radius 1 is 1.33 bits per heavy atom. The summed E-state index contributed by atoms with van der Waals surface area (Å²) in [5, 5.41) is 2.98. The van der Waals surface area contributed by atoms with Gasteiger partial charge in [0.05, 0.1) is 12.3 Å². The maximum absolute atomic E-state index is 12.3. The van der Waals surface area contributed by atoms with Crippen LogP contribution in [-0.2, 0) is 10.0 Å². The van der Waals surface area contributed by atoms with Gasteiger partial charge in [-0.1, -0.05) is 13.3 Å². The van der Waals surface area contributed by atoms with Crippen LogP contribution < -0.4 is 14.8 Å². The number of ether oxygens (including phenoxy) is 1. The number of guanidine groups is 1. The van der Waals surface area contributed by atoms with Crippen molar-refractivity contribution in [1.82, 2.24) is 4.72 Å². The smallest absolute Gasteiger partial charge is 0.266 e. The van der Waals surface area contributed by atoms with E-state index < -0.39 is 10.0 Å². The highest BCUT2D eigenvalue weighted by molar-refractivity contribution is 7.90. The largest absolute Gasteiger partial charge is 0.494 e. The summed E-state index contributed by atoms with van der Waals surface area (Å²) >= 11 is 0. The number of hydrogen-bond acceptors (Lipinski definition) is 4. The van der Waals surface area contributed by atoms with Crippen LogP contribution in [0.5, 0.6) is 5.75 Å². The highest BCUT2D eigenvalue weighted by Gasteiger charge is 2.27. The Hall–Kier alpha value is -1.76. The van der Waals surface area contributed by atoms with E-state index in [1.54, 1.807) is 12.1 Å². The molecule has 1 aromatic carbocycles. The Kier molecular flexibility index (Phi) is 4.72. The fourth-order valence-corrected chi connectivity index (χ4v) is 3.05. The lowest BCUT2D eigenvalue weighted by Crippen LogP contribution is -2.41. The second-order valence-electron chi connectivity index (χ2n) is 5.16. The van der Waals surface area contributed by atoms with Gasteiger partial charge in [-0.25, -0.2) is 18.1 Å². The lowest BCUT2D eigenvalue weighted by Gasteiger charge is -2.22. The molecular weight excluding hydrogens is 290 g/mol. The average Bonchev–Trinajstić information content (AvgIpc) is 2.38.